The van der Waals surface area contributed by atoms with Crippen LogP contribution in [0, 0.1) is 0 Å². The number of benzene rings is 4. The van der Waals surface area contributed by atoms with Gasteiger partial charge in [-0.05, 0) is 53.8 Å². The van der Waals surface area contributed by atoms with Crippen LogP contribution in [0.5, 0.6) is 0 Å². The van der Waals surface area contributed by atoms with Gasteiger partial charge in [-0.3, -0.25) is 0 Å². The highest BCUT2D eigenvalue weighted by Gasteiger charge is 2.25. The van der Waals surface area contributed by atoms with E-state index < -0.39 is 0 Å². The van der Waals surface area contributed by atoms with E-state index in [1.54, 1.807) is 0 Å². The molecule has 4 heterocycles. The third kappa shape index (κ3) is 4.86. The number of pyridine rings is 4. The molecular formula is C43H30N4. The Hall–Kier alpha value is -6.00. The van der Waals surface area contributed by atoms with Gasteiger partial charge in [0.2, 0.25) is 0 Å². The molecule has 0 spiro atoms. The van der Waals surface area contributed by atoms with Gasteiger partial charge in [0, 0.05) is 33.0 Å². The fourth-order valence-corrected chi connectivity index (χ4v) is 6.82. The summed E-state index contributed by atoms with van der Waals surface area (Å²) in [5.41, 5.74) is 14.3. The first-order valence-corrected chi connectivity index (χ1v) is 16.1. The molecule has 1 aliphatic carbocycles. The Morgan fingerprint density at radius 3 is 1.53 bits per heavy atom. The lowest BCUT2D eigenvalue weighted by molar-refractivity contribution is 0.739. The second-order valence-corrected chi connectivity index (χ2v) is 12.4. The van der Waals surface area contributed by atoms with Gasteiger partial charge in [0.25, 0.3) is 0 Å². The maximum absolute atomic E-state index is 5.27. The molecule has 0 saturated carbocycles. The van der Waals surface area contributed by atoms with Crippen molar-refractivity contribution in [3.8, 4) is 56.4 Å². The summed E-state index contributed by atoms with van der Waals surface area (Å²) in [5, 5.41) is 2.15. The molecular weight excluding hydrogens is 573 g/mol. The second-order valence-electron chi connectivity index (χ2n) is 12.4. The molecule has 9 rings (SSSR count). The maximum atomic E-state index is 5.27. The standard InChI is InChI=1S/C43H30N4/c1-27-25-34-19-23-39(46-42(34)43-35(27)20-24-37(47-43)29-11-6-3-7-12-29)33-14-8-13-32(26-33)38-22-18-31-16-15-30-17-21-36(28-9-4-2-5-10-28)44-40(30)41(31)45-38/h2-24,26-27H,25H2,1H3. The van der Waals surface area contributed by atoms with Crippen molar-refractivity contribution in [2.24, 2.45) is 0 Å². The highest BCUT2D eigenvalue weighted by Crippen LogP contribution is 2.40. The predicted molar refractivity (Wildman–Crippen MR) is 192 cm³/mol. The predicted octanol–water partition coefficient (Wildman–Crippen LogP) is 10.6. The first-order valence-electron chi connectivity index (χ1n) is 16.1. The normalized spacial score (nSPS) is 13.8. The first kappa shape index (κ1) is 27.3. The minimum absolute atomic E-state index is 0.388. The van der Waals surface area contributed by atoms with E-state index in [1.165, 1.54) is 11.1 Å². The number of aromatic nitrogens is 4. The molecule has 4 nitrogen and oxygen atoms in total. The van der Waals surface area contributed by atoms with E-state index in [0.29, 0.717) is 5.92 Å². The Kier molecular flexibility index (Phi) is 6.46. The van der Waals surface area contributed by atoms with Crippen molar-refractivity contribution in [2.75, 3.05) is 0 Å². The largest absolute Gasteiger partial charge is 0.246 e. The molecule has 0 N–H and O–H groups in total. The van der Waals surface area contributed by atoms with Gasteiger partial charge in [0.1, 0.15) is 0 Å². The summed E-state index contributed by atoms with van der Waals surface area (Å²) < 4.78 is 0. The minimum Gasteiger partial charge on any atom is -0.246 e. The SMILES string of the molecule is CC1Cc2ccc(-c3cccc(-c4ccc5ccc6ccc(-c7ccccc7)nc6c5n4)c3)nc2-c2nc(-c3ccccc3)ccc21. The zero-order valence-corrected chi connectivity index (χ0v) is 25.9. The number of hydrogen-bond donors (Lipinski definition) is 0. The van der Waals surface area contributed by atoms with Crippen LogP contribution >= 0.6 is 0 Å². The Bertz CT molecular complexity index is 2450. The molecule has 1 unspecified atom stereocenters. The summed E-state index contributed by atoms with van der Waals surface area (Å²) in [5.74, 6) is 0.388. The Morgan fingerprint density at radius 1 is 0.426 bits per heavy atom. The number of fused-ring (bicyclic) bond motifs is 6. The van der Waals surface area contributed by atoms with Crippen molar-refractivity contribution >= 4 is 21.8 Å². The lowest BCUT2D eigenvalue weighted by Crippen LogP contribution is -2.12. The molecule has 47 heavy (non-hydrogen) atoms. The van der Waals surface area contributed by atoms with E-state index in [2.05, 4.69) is 128 Å². The van der Waals surface area contributed by atoms with Crippen LogP contribution in [-0.2, 0) is 6.42 Å². The topological polar surface area (TPSA) is 51.6 Å². The Labute approximate surface area is 273 Å². The van der Waals surface area contributed by atoms with Crippen LogP contribution in [0.4, 0.5) is 0 Å². The highest BCUT2D eigenvalue weighted by atomic mass is 14.8. The van der Waals surface area contributed by atoms with Crippen LogP contribution in [0.1, 0.15) is 24.0 Å². The Morgan fingerprint density at radius 2 is 0.894 bits per heavy atom. The van der Waals surface area contributed by atoms with Crippen LogP contribution in [0.3, 0.4) is 0 Å². The minimum atomic E-state index is 0.388. The molecule has 4 aromatic carbocycles. The van der Waals surface area contributed by atoms with Gasteiger partial charge in [-0.15, -0.1) is 0 Å². The van der Waals surface area contributed by atoms with Gasteiger partial charge in [0.15, 0.2) is 0 Å². The molecule has 0 amide bonds. The number of hydrogen-bond acceptors (Lipinski definition) is 4. The molecule has 0 fully saturated rings. The summed E-state index contributed by atoms with van der Waals surface area (Å²) in [6.07, 6.45) is 0.955. The van der Waals surface area contributed by atoms with Gasteiger partial charge in [0.05, 0.1) is 45.2 Å². The van der Waals surface area contributed by atoms with E-state index in [4.69, 9.17) is 19.9 Å². The average Bonchev–Trinajstić information content (AvgIpc) is 3.15. The van der Waals surface area contributed by atoms with Crippen molar-refractivity contribution < 1.29 is 0 Å². The fourth-order valence-electron chi connectivity index (χ4n) is 6.82. The van der Waals surface area contributed by atoms with Crippen LogP contribution in [0.15, 0.2) is 146 Å². The molecule has 0 saturated heterocycles. The first-order chi connectivity index (χ1) is 23.2. The lowest BCUT2D eigenvalue weighted by atomic mass is 9.84. The van der Waals surface area contributed by atoms with Gasteiger partial charge < -0.3 is 0 Å². The van der Waals surface area contributed by atoms with Gasteiger partial charge >= 0.3 is 0 Å². The quantitative estimate of drug-likeness (QED) is 0.188. The van der Waals surface area contributed by atoms with Crippen molar-refractivity contribution in [2.45, 2.75) is 19.3 Å². The summed E-state index contributed by atoms with van der Waals surface area (Å²) in [4.78, 5) is 20.7. The fraction of sp³-hybridized carbons (Fsp3) is 0.0698. The van der Waals surface area contributed by atoms with Gasteiger partial charge in [-0.1, -0.05) is 122 Å². The van der Waals surface area contributed by atoms with Crippen molar-refractivity contribution in [3.05, 3.63) is 157 Å². The molecule has 0 bridgehead atoms. The smallest absolute Gasteiger partial charge is 0.0972 e. The highest BCUT2D eigenvalue weighted by molar-refractivity contribution is 6.04. The molecule has 1 atom stereocenters. The van der Waals surface area contributed by atoms with Crippen molar-refractivity contribution in [1.82, 2.24) is 19.9 Å². The van der Waals surface area contributed by atoms with Gasteiger partial charge in [-0.25, -0.2) is 19.9 Å². The Balaban J connectivity index is 1.12. The van der Waals surface area contributed by atoms with Crippen molar-refractivity contribution in [3.63, 3.8) is 0 Å². The summed E-state index contributed by atoms with van der Waals surface area (Å²) in [6.45, 7) is 2.28. The van der Waals surface area contributed by atoms with Gasteiger partial charge in [-0.2, -0.15) is 0 Å². The van der Waals surface area contributed by atoms with Crippen LogP contribution in [0.2, 0.25) is 0 Å². The van der Waals surface area contributed by atoms with Crippen LogP contribution < -0.4 is 0 Å². The molecule has 222 valence electrons. The number of nitrogens with zero attached hydrogens (tertiary/aromatic N) is 4. The zero-order valence-electron chi connectivity index (χ0n) is 25.9. The monoisotopic (exact) mass is 602 g/mol. The maximum Gasteiger partial charge on any atom is 0.0972 e. The lowest BCUT2D eigenvalue weighted by Gasteiger charge is -2.24. The van der Waals surface area contributed by atoms with Crippen LogP contribution in [-0.4, -0.2) is 19.9 Å². The third-order valence-corrected chi connectivity index (χ3v) is 9.30. The third-order valence-electron chi connectivity index (χ3n) is 9.30. The van der Waals surface area contributed by atoms with Crippen molar-refractivity contribution in [1.29, 1.82) is 0 Å². The van der Waals surface area contributed by atoms with Crippen LogP contribution in [0.25, 0.3) is 78.2 Å². The molecule has 1 aliphatic rings. The van der Waals surface area contributed by atoms with E-state index >= 15 is 0 Å². The molecule has 4 heteroatoms. The van der Waals surface area contributed by atoms with E-state index in [-0.39, 0.29) is 0 Å². The molecule has 8 aromatic rings. The summed E-state index contributed by atoms with van der Waals surface area (Å²) in [6, 6.07) is 50.7. The zero-order chi connectivity index (χ0) is 31.3. The molecule has 0 aliphatic heterocycles. The second kappa shape index (κ2) is 11.1. The number of rotatable bonds is 4. The average molecular weight is 603 g/mol. The van der Waals surface area contributed by atoms with E-state index in [0.717, 1.165) is 84.6 Å². The van der Waals surface area contributed by atoms with E-state index in [9.17, 15) is 0 Å². The van der Waals surface area contributed by atoms with E-state index in [1.807, 2.05) is 24.3 Å². The molecule has 4 aromatic heterocycles. The summed E-state index contributed by atoms with van der Waals surface area (Å²) in [7, 11) is 0. The molecule has 0 radical (unpaired) electrons. The summed E-state index contributed by atoms with van der Waals surface area (Å²) >= 11 is 0.